The summed E-state index contributed by atoms with van der Waals surface area (Å²) in [6, 6.07) is 5.06. The molecule has 6 nitrogen and oxygen atoms in total. The van der Waals surface area contributed by atoms with E-state index < -0.39 is 5.79 Å². The van der Waals surface area contributed by atoms with E-state index >= 15 is 0 Å². The van der Waals surface area contributed by atoms with Crippen molar-refractivity contribution in [1.29, 1.82) is 0 Å². The molecule has 1 fully saturated rings. The van der Waals surface area contributed by atoms with Crippen molar-refractivity contribution in [2.75, 3.05) is 27.4 Å². The Kier molecular flexibility index (Phi) is 4.69. The number of carbonyl (C=O) groups excluding carboxylic acids is 1. The summed E-state index contributed by atoms with van der Waals surface area (Å²) >= 11 is 0. The van der Waals surface area contributed by atoms with Crippen molar-refractivity contribution in [2.45, 2.75) is 25.7 Å². The molecule has 1 aliphatic rings. The number of carbonyl (C=O) groups is 1. The summed E-state index contributed by atoms with van der Waals surface area (Å²) in [4.78, 5) is 12.2. The molecule has 2 rings (SSSR count). The Bertz CT molecular complexity index is 515. The van der Waals surface area contributed by atoms with E-state index in [0.29, 0.717) is 30.2 Å². The molecule has 1 heterocycles. The molecule has 0 saturated carbocycles. The van der Waals surface area contributed by atoms with Crippen molar-refractivity contribution in [3.8, 4) is 11.5 Å². The highest BCUT2D eigenvalue weighted by molar-refractivity contribution is 5.97. The molecule has 1 atom stereocenters. The number of nitrogens with one attached hydrogen (secondary N) is 1. The predicted molar refractivity (Wildman–Crippen MR) is 76.8 cm³/mol. The number of ether oxygens (including phenoxy) is 4. The molecule has 1 unspecified atom stereocenters. The summed E-state index contributed by atoms with van der Waals surface area (Å²) < 4.78 is 21.4. The maximum Gasteiger partial charge on any atom is 0.255 e. The first-order valence-electron chi connectivity index (χ1n) is 6.77. The van der Waals surface area contributed by atoms with Gasteiger partial charge < -0.3 is 24.3 Å². The van der Waals surface area contributed by atoms with Gasteiger partial charge in [0.2, 0.25) is 0 Å². The Morgan fingerprint density at radius 1 is 1.38 bits per heavy atom. The quantitative estimate of drug-likeness (QED) is 0.893. The minimum Gasteiger partial charge on any atom is -0.497 e. The van der Waals surface area contributed by atoms with E-state index in [0.717, 1.165) is 0 Å². The molecular formula is C15H21NO5. The fourth-order valence-corrected chi connectivity index (χ4v) is 2.15. The van der Waals surface area contributed by atoms with E-state index in [4.69, 9.17) is 18.9 Å². The zero-order chi connectivity index (χ0) is 15.5. The Labute approximate surface area is 124 Å². The summed E-state index contributed by atoms with van der Waals surface area (Å²) in [5, 5.41) is 2.83. The molecule has 1 aromatic rings. The smallest absolute Gasteiger partial charge is 0.255 e. The summed E-state index contributed by atoms with van der Waals surface area (Å²) in [5.41, 5.74) is 0.455. The minimum atomic E-state index is -0.590. The zero-order valence-electron chi connectivity index (χ0n) is 12.8. The number of benzene rings is 1. The highest BCUT2D eigenvalue weighted by atomic mass is 16.7. The summed E-state index contributed by atoms with van der Waals surface area (Å²) in [6.07, 6.45) is -0.145. The second-order valence-corrected chi connectivity index (χ2v) is 5.23. The topological polar surface area (TPSA) is 66.0 Å². The number of hydrogen-bond donors (Lipinski definition) is 1. The highest BCUT2D eigenvalue weighted by Crippen LogP contribution is 2.25. The SMILES string of the molecule is COc1ccc(C(=O)NCC2COC(C)(C)O2)c(OC)c1. The first-order valence-corrected chi connectivity index (χ1v) is 6.77. The van der Waals surface area contributed by atoms with Gasteiger partial charge in [-0.15, -0.1) is 0 Å². The molecule has 0 aliphatic carbocycles. The van der Waals surface area contributed by atoms with E-state index in [2.05, 4.69) is 5.32 Å². The van der Waals surface area contributed by atoms with Crippen molar-refractivity contribution < 1.29 is 23.7 Å². The molecule has 0 aromatic heterocycles. The molecule has 0 spiro atoms. The molecule has 21 heavy (non-hydrogen) atoms. The predicted octanol–water partition coefficient (Wildman–Crippen LogP) is 1.59. The number of rotatable bonds is 5. The molecular weight excluding hydrogens is 274 g/mol. The van der Waals surface area contributed by atoms with Gasteiger partial charge >= 0.3 is 0 Å². The number of methoxy groups -OCH3 is 2. The third kappa shape index (κ3) is 3.86. The van der Waals surface area contributed by atoms with Gasteiger partial charge in [0.05, 0.1) is 26.4 Å². The van der Waals surface area contributed by atoms with Gasteiger partial charge in [0.25, 0.3) is 5.91 Å². The van der Waals surface area contributed by atoms with E-state index in [1.807, 2.05) is 13.8 Å². The van der Waals surface area contributed by atoms with Crippen LogP contribution in [0.4, 0.5) is 0 Å². The van der Waals surface area contributed by atoms with E-state index in [9.17, 15) is 4.79 Å². The number of hydrogen-bond acceptors (Lipinski definition) is 5. The zero-order valence-corrected chi connectivity index (χ0v) is 12.8. The standard InChI is InChI=1S/C15H21NO5/c1-15(2)20-9-11(21-15)8-16-14(17)12-6-5-10(18-3)7-13(12)19-4/h5-7,11H,8-9H2,1-4H3,(H,16,17). The second-order valence-electron chi connectivity index (χ2n) is 5.23. The van der Waals surface area contributed by atoms with Crippen molar-refractivity contribution in [3.63, 3.8) is 0 Å². The van der Waals surface area contributed by atoms with E-state index in [1.165, 1.54) is 7.11 Å². The fourth-order valence-electron chi connectivity index (χ4n) is 2.15. The van der Waals surface area contributed by atoms with Crippen LogP contribution < -0.4 is 14.8 Å². The molecule has 1 aromatic carbocycles. The average molecular weight is 295 g/mol. The molecule has 116 valence electrons. The van der Waals surface area contributed by atoms with Gasteiger partial charge in [-0.05, 0) is 26.0 Å². The normalized spacial score (nSPS) is 20.1. The third-order valence-corrected chi connectivity index (χ3v) is 3.21. The van der Waals surface area contributed by atoms with Crippen LogP contribution in [-0.4, -0.2) is 45.2 Å². The van der Waals surface area contributed by atoms with Crippen molar-refractivity contribution in [2.24, 2.45) is 0 Å². The van der Waals surface area contributed by atoms with Gasteiger partial charge in [-0.1, -0.05) is 0 Å². The van der Waals surface area contributed by atoms with Crippen LogP contribution in [0.3, 0.4) is 0 Å². The van der Waals surface area contributed by atoms with Crippen molar-refractivity contribution in [1.82, 2.24) is 5.32 Å². The van der Waals surface area contributed by atoms with Gasteiger partial charge in [0.1, 0.15) is 17.6 Å². The minimum absolute atomic E-state index is 0.145. The lowest BCUT2D eigenvalue weighted by Gasteiger charge is -2.17. The van der Waals surface area contributed by atoms with Gasteiger partial charge in [0.15, 0.2) is 5.79 Å². The molecule has 6 heteroatoms. The third-order valence-electron chi connectivity index (χ3n) is 3.21. The largest absolute Gasteiger partial charge is 0.497 e. The van der Waals surface area contributed by atoms with Crippen LogP contribution in [0.1, 0.15) is 24.2 Å². The highest BCUT2D eigenvalue weighted by Gasteiger charge is 2.32. The second kappa shape index (κ2) is 6.32. The van der Waals surface area contributed by atoms with Crippen LogP contribution in [-0.2, 0) is 9.47 Å². The maximum absolute atomic E-state index is 12.2. The van der Waals surface area contributed by atoms with Crippen LogP contribution >= 0.6 is 0 Å². The van der Waals surface area contributed by atoms with Gasteiger partial charge in [-0.3, -0.25) is 4.79 Å². The maximum atomic E-state index is 12.2. The monoisotopic (exact) mass is 295 g/mol. The van der Waals surface area contributed by atoms with Crippen molar-refractivity contribution >= 4 is 5.91 Å². The first-order chi connectivity index (χ1) is 9.95. The molecule has 1 N–H and O–H groups in total. The van der Waals surface area contributed by atoms with Gasteiger partial charge in [0, 0.05) is 12.6 Å². The van der Waals surface area contributed by atoms with Crippen LogP contribution in [0.25, 0.3) is 0 Å². The van der Waals surface area contributed by atoms with Crippen LogP contribution in [0, 0.1) is 0 Å². The Morgan fingerprint density at radius 3 is 2.71 bits per heavy atom. The molecule has 0 bridgehead atoms. The summed E-state index contributed by atoms with van der Waals surface area (Å²) in [7, 11) is 3.08. The molecule has 1 aliphatic heterocycles. The summed E-state index contributed by atoms with van der Waals surface area (Å²) in [6.45, 7) is 4.55. The lowest BCUT2D eigenvalue weighted by atomic mass is 10.1. The Morgan fingerprint density at radius 2 is 2.14 bits per heavy atom. The van der Waals surface area contributed by atoms with Crippen molar-refractivity contribution in [3.05, 3.63) is 23.8 Å². The molecule has 1 amide bonds. The van der Waals surface area contributed by atoms with Crippen LogP contribution in [0.5, 0.6) is 11.5 Å². The Hall–Kier alpha value is -1.79. The average Bonchev–Trinajstić information content (AvgIpc) is 2.83. The summed E-state index contributed by atoms with van der Waals surface area (Å²) in [5.74, 6) is 0.295. The van der Waals surface area contributed by atoms with E-state index in [1.54, 1.807) is 25.3 Å². The van der Waals surface area contributed by atoms with Gasteiger partial charge in [-0.25, -0.2) is 0 Å². The van der Waals surface area contributed by atoms with E-state index in [-0.39, 0.29) is 12.0 Å². The fraction of sp³-hybridized carbons (Fsp3) is 0.533. The lowest BCUT2D eigenvalue weighted by Crippen LogP contribution is -2.34. The first kappa shape index (κ1) is 15.6. The molecule has 1 saturated heterocycles. The lowest BCUT2D eigenvalue weighted by molar-refractivity contribution is -0.137. The number of amides is 1. The van der Waals surface area contributed by atoms with Crippen LogP contribution in [0.15, 0.2) is 18.2 Å². The van der Waals surface area contributed by atoms with Crippen LogP contribution in [0.2, 0.25) is 0 Å². The van der Waals surface area contributed by atoms with Gasteiger partial charge in [-0.2, -0.15) is 0 Å². The Balaban J connectivity index is 1.97. The molecule has 0 radical (unpaired) electrons.